The van der Waals surface area contributed by atoms with E-state index in [0.29, 0.717) is 19.3 Å². The zero-order chi connectivity index (χ0) is 14.0. The van der Waals surface area contributed by atoms with Crippen molar-refractivity contribution in [2.75, 3.05) is 0 Å². The third kappa shape index (κ3) is 6.42. The number of rotatable bonds is 10. The zero-order valence-electron chi connectivity index (χ0n) is 11.3. The predicted octanol–water partition coefficient (Wildman–Crippen LogP) is 3.32. The fourth-order valence-corrected chi connectivity index (χ4v) is 2.04. The van der Waals surface area contributed by atoms with E-state index in [0.717, 1.165) is 19.3 Å². The summed E-state index contributed by atoms with van der Waals surface area (Å²) < 4.78 is 0. The molecule has 18 heavy (non-hydrogen) atoms. The van der Waals surface area contributed by atoms with Crippen LogP contribution in [0.25, 0.3) is 0 Å². The first-order valence-corrected chi connectivity index (χ1v) is 6.65. The molecule has 0 aliphatic rings. The Kier molecular flexibility index (Phi) is 8.97. The van der Waals surface area contributed by atoms with Crippen molar-refractivity contribution in [3.05, 3.63) is 12.2 Å². The summed E-state index contributed by atoms with van der Waals surface area (Å²) in [4.78, 5) is 22.3. The standard InChI is InChI=1S/C14H24O4/c1-3-5-6-7-8-10-12(14(17)18)11(9-4-2)13(15)16/h5-6,11-12H,3-4,7-10H2,1-2H3,(H,15,16)(H,17,18). The molecule has 0 heterocycles. The van der Waals surface area contributed by atoms with E-state index < -0.39 is 23.8 Å². The lowest BCUT2D eigenvalue weighted by Gasteiger charge is -2.19. The summed E-state index contributed by atoms with van der Waals surface area (Å²) in [5.74, 6) is -3.51. The van der Waals surface area contributed by atoms with Gasteiger partial charge in [-0.15, -0.1) is 0 Å². The van der Waals surface area contributed by atoms with E-state index in [1.807, 2.05) is 26.0 Å². The van der Waals surface area contributed by atoms with E-state index in [-0.39, 0.29) is 0 Å². The minimum atomic E-state index is -0.992. The molecule has 4 heteroatoms. The van der Waals surface area contributed by atoms with Gasteiger partial charge in [0, 0.05) is 0 Å². The molecule has 0 rings (SSSR count). The van der Waals surface area contributed by atoms with Crippen molar-refractivity contribution < 1.29 is 19.8 Å². The van der Waals surface area contributed by atoms with E-state index in [1.54, 1.807) is 0 Å². The van der Waals surface area contributed by atoms with Crippen LogP contribution in [-0.2, 0) is 9.59 Å². The Morgan fingerprint density at radius 1 is 1.00 bits per heavy atom. The van der Waals surface area contributed by atoms with Crippen LogP contribution in [0.4, 0.5) is 0 Å². The SMILES string of the molecule is CCC=CCCCC(C(=O)O)C(CCC)C(=O)O. The first kappa shape index (κ1) is 16.7. The highest BCUT2D eigenvalue weighted by molar-refractivity contribution is 5.79. The normalized spacial score (nSPS) is 14.6. The second-order valence-electron chi connectivity index (χ2n) is 4.49. The van der Waals surface area contributed by atoms with Crippen LogP contribution in [0.1, 0.15) is 52.4 Å². The van der Waals surface area contributed by atoms with Crippen molar-refractivity contribution in [1.29, 1.82) is 0 Å². The summed E-state index contributed by atoms with van der Waals surface area (Å²) >= 11 is 0. The summed E-state index contributed by atoms with van der Waals surface area (Å²) in [6, 6.07) is 0. The summed E-state index contributed by atoms with van der Waals surface area (Å²) in [7, 11) is 0. The molecule has 0 saturated carbocycles. The first-order chi connectivity index (χ1) is 8.54. The molecule has 0 amide bonds. The highest BCUT2D eigenvalue weighted by atomic mass is 16.4. The van der Waals surface area contributed by atoms with Gasteiger partial charge in [-0.3, -0.25) is 9.59 Å². The van der Waals surface area contributed by atoms with Crippen molar-refractivity contribution >= 4 is 11.9 Å². The Morgan fingerprint density at radius 2 is 1.56 bits per heavy atom. The molecule has 0 saturated heterocycles. The third-order valence-corrected chi connectivity index (χ3v) is 3.01. The fraction of sp³-hybridized carbons (Fsp3) is 0.714. The second kappa shape index (κ2) is 9.68. The van der Waals surface area contributed by atoms with Gasteiger partial charge in [0.15, 0.2) is 0 Å². The summed E-state index contributed by atoms with van der Waals surface area (Å²) in [6.45, 7) is 3.91. The number of hydrogen-bond acceptors (Lipinski definition) is 2. The Balaban J connectivity index is 4.39. The predicted molar refractivity (Wildman–Crippen MR) is 70.4 cm³/mol. The van der Waals surface area contributed by atoms with Gasteiger partial charge in [0.2, 0.25) is 0 Å². The Morgan fingerprint density at radius 3 is 2.00 bits per heavy atom. The Labute approximate surface area is 109 Å². The third-order valence-electron chi connectivity index (χ3n) is 3.01. The van der Waals surface area contributed by atoms with E-state index >= 15 is 0 Å². The molecule has 2 atom stereocenters. The van der Waals surface area contributed by atoms with Crippen LogP contribution < -0.4 is 0 Å². The van der Waals surface area contributed by atoms with Gasteiger partial charge < -0.3 is 10.2 Å². The molecule has 0 aromatic heterocycles. The smallest absolute Gasteiger partial charge is 0.307 e. The maximum absolute atomic E-state index is 11.2. The summed E-state index contributed by atoms with van der Waals surface area (Å²) in [5.41, 5.74) is 0. The van der Waals surface area contributed by atoms with Crippen molar-refractivity contribution in [2.24, 2.45) is 11.8 Å². The fourth-order valence-electron chi connectivity index (χ4n) is 2.04. The van der Waals surface area contributed by atoms with E-state index in [1.165, 1.54) is 0 Å². The Bertz CT molecular complexity index is 284. The number of carbonyl (C=O) groups is 2. The molecule has 0 radical (unpaired) electrons. The Hall–Kier alpha value is -1.32. The summed E-state index contributed by atoms with van der Waals surface area (Å²) in [5, 5.41) is 18.2. The molecule has 0 bridgehead atoms. The topological polar surface area (TPSA) is 74.6 Å². The van der Waals surface area contributed by atoms with Crippen LogP contribution in [0.15, 0.2) is 12.2 Å². The summed E-state index contributed by atoms with van der Waals surface area (Å²) in [6.07, 6.45) is 8.12. The maximum Gasteiger partial charge on any atom is 0.307 e. The van der Waals surface area contributed by atoms with Gasteiger partial charge in [0.1, 0.15) is 0 Å². The lowest BCUT2D eigenvalue weighted by atomic mass is 9.85. The van der Waals surface area contributed by atoms with Crippen molar-refractivity contribution in [3.8, 4) is 0 Å². The van der Waals surface area contributed by atoms with Crippen LogP contribution in [0.3, 0.4) is 0 Å². The zero-order valence-corrected chi connectivity index (χ0v) is 11.3. The van der Waals surface area contributed by atoms with Gasteiger partial charge in [0.05, 0.1) is 11.8 Å². The average molecular weight is 256 g/mol. The van der Waals surface area contributed by atoms with Gasteiger partial charge in [-0.2, -0.15) is 0 Å². The average Bonchev–Trinajstić information content (AvgIpc) is 2.31. The molecule has 0 spiro atoms. The molecule has 2 unspecified atom stereocenters. The van der Waals surface area contributed by atoms with Gasteiger partial charge in [-0.05, 0) is 32.1 Å². The molecule has 4 nitrogen and oxygen atoms in total. The van der Waals surface area contributed by atoms with Crippen LogP contribution in [-0.4, -0.2) is 22.2 Å². The number of carboxylic acid groups (broad SMARTS) is 2. The number of hydrogen-bond donors (Lipinski definition) is 2. The van der Waals surface area contributed by atoms with Gasteiger partial charge in [-0.1, -0.05) is 32.4 Å². The van der Waals surface area contributed by atoms with Gasteiger partial charge in [0.25, 0.3) is 0 Å². The van der Waals surface area contributed by atoms with Crippen molar-refractivity contribution in [3.63, 3.8) is 0 Å². The van der Waals surface area contributed by atoms with Crippen molar-refractivity contribution in [1.82, 2.24) is 0 Å². The molecule has 0 aromatic rings. The molecule has 0 aliphatic heterocycles. The molecular weight excluding hydrogens is 232 g/mol. The number of allylic oxidation sites excluding steroid dienone is 2. The molecule has 0 fully saturated rings. The van der Waals surface area contributed by atoms with E-state index in [9.17, 15) is 9.59 Å². The number of aliphatic carboxylic acids is 2. The molecule has 0 aliphatic carbocycles. The minimum absolute atomic E-state index is 0.428. The number of carboxylic acids is 2. The van der Waals surface area contributed by atoms with Gasteiger partial charge >= 0.3 is 11.9 Å². The monoisotopic (exact) mass is 256 g/mol. The molecule has 0 aromatic carbocycles. The van der Waals surface area contributed by atoms with Gasteiger partial charge in [-0.25, -0.2) is 0 Å². The highest BCUT2D eigenvalue weighted by Gasteiger charge is 2.32. The molecule has 2 N–H and O–H groups in total. The minimum Gasteiger partial charge on any atom is -0.481 e. The lowest BCUT2D eigenvalue weighted by molar-refractivity contribution is -0.154. The maximum atomic E-state index is 11.2. The van der Waals surface area contributed by atoms with Crippen LogP contribution in [0, 0.1) is 11.8 Å². The number of unbranched alkanes of at least 4 members (excludes halogenated alkanes) is 1. The van der Waals surface area contributed by atoms with Crippen molar-refractivity contribution in [2.45, 2.75) is 52.4 Å². The second-order valence-corrected chi connectivity index (χ2v) is 4.49. The van der Waals surface area contributed by atoms with Crippen LogP contribution >= 0.6 is 0 Å². The first-order valence-electron chi connectivity index (χ1n) is 6.65. The van der Waals surface area contributed by atoms with E-state index in [2.05, 4.69) is 0 Å². The van der Waals surface area contributed by atoms with Crippen LogP contribution in [0.2, 0.25) is 0 Å². The van der Waals surface area contributed by atoms with Crippen LogP contribution in [0.5, 0.6) is 0 Å². The largest absolute Gasteiger partial charge is 0.481 e. The quantitative estimate of drug-likeness (QED) is 0.464. The molecule has 104 valence electrons. The highest BCUT2D eigenvalue weighted by Crippen LogP contribution is 2.24. The van der Waals surface area contributed by atoms with E-state index in [4.69, 9.17) is 10.2 Å². The lowest BCUT2D eigenvalue weighted by Crippen LogP contribution is -2.29. The molecular formula is C14H24O4.